The van der Waals surface area contributed by atoms with Crippen LogP contribution in [0.25, 0.3) is 0 Å². The number of nitrogens with zero attached hydrogens (tertiary/aromatic N) is 1. The van der Waals surface area contributed by atoms with Gasteiger partial charge >= 0.3 is 0 Å². The number of rotatable bonds is 4. The topological polar surface area (TPSA) is 68.2 Å². The molecule has 6 nitrogen and oxygen atoms in total. The Morgan fingerprint density at radius 2 is 1.80 bits per heavy atom. The molecule has 25 heavy (non-hydrogen) atoms. The maximum absolute atomic E-state index is 13.0. The van der Waals surface area contributed by atoms with Gasteiger partial charge in [-0.25, -0.2) is 0 Å². The number of carbonyl (C=O) groups excluding carboxylic acids is 1. The van der Waals surface area contributed by atoms with E-state index < -0.39 is 6.10 Å². The zero-order valence-electron chi connectivity index (χ0n) is 14.5. The van der Waals surface area contributed by atoms with E-state index in [0.717, 1.165) is 0 Å². The van der Waals surface area contributed by atoms with Crippen molar-refractivity contribution in [1.82, 2.24) is 0 Å². The average Bonchev–Trinajstić information content (AvgIpc) is 2.67. The minimum atomic E-state index is -0.612. The summed E-state index contributed by atoms with van der Waals surface area (Å²) >= 11 is 0. The minimum absolute atomic E-state index is 0.153. The SMILES string of the molecule is COc1ccc2c(c1)C(O)CCN2C(=O)c1ccc(OC)c(OC)c1. The molecular weight excluding hydrogens is 322 g/mol. The number of amides is 1. The van der Waals surface area contributed by atoms with Crippen LogP contribution < -0.4 is 19.1 Å². The van der Waals surface area contributed by atoms with Gasteiger partial charge in [-0.05, 0) is 42.8 Å². The molecule has 6 heteroatoms. The molecule has 2 aromatic rings. The smallest absolute Gasteiger partial charge is 0.258 e. The largest absolute Gasteiger partial charge is 0.497 e. The molecular formula is C19H21NO5. The first kappa shape index (κ1) is 17.1. The predicted octanol–water partition coefficient (Wildman–Crippen LogP) is 2.80. The molecule has 0 spiro atoms. The molecule has 0 aliphatic carbocycles. The second-order valence-electron chi connectivity index (χ2n) is 5.76. The summed E-state index contributed by atoms with van der Waals surface area (Å²) in [6.07, 6.45) is -0.140. The highest BCUT2D eigenvalue weighted by Gasteiger charge is 2.29. The second-order valence-corrected chi connectivity index (χ2v) is 5.76. The van der Waals surface area contributed by atoms with Crippen LogP contribution in [0.5, 0.6) is 17.2 Å². The molecule has 1 atom stereocenters. The maximum atomic E-state index is 13.0. The maximum Gasteiger partial charge on any atom is 0.258 e. The van der Waals surface area contributed by atoms with E-state index in [-0.39, 0.29) is 5.91 Å². The summed E-state index contributed by atoms with van der Waals surface area (Å²) in [4.78, 5) is 14.7. The van der Waals surface area contributed by atoms with Crippen molar-refractivity contribution in [3.05, 3.63) is 47.5 Å². The lowest BCUT2D eigenvalue weighted by Crippen LogP contribution is -2.36. The number of ether oxygens (including phenoxy) is 3. The highest BCUT2D eigenvalue weighted by atomic mass is 16.5. The van der Waals surface area contributed by atoms with E-state index >= 15 is 0 Å². The molecule has 0 radical (unpaired) electrons. The van der Waals surface area contributed by atoms with Gasteiger partial charge in [0.1, 0.15) is 5.75 Å². The van der Waals surface area contributed by atoms with E-state index in [4.69, 9.17) is 14.2 Å². The zero-order chi connectivity index (χ0) is 18.0. The standard InChI is InChI=1S/C19H21NO5/c1-23-13-5-6-15-14(11-13)16(21)8-9-20(15)19(22)12-4-7-17(24-2)18(10-12)25-3/h4-7,10-11,16,21H,8-9H2,1-3H3. The molecule has 0 bridgehead atoms. The van der Waals surface area contributed by atoms with Gasteiger partial charge in [-0.3, -0.25) is 4.79 Å². The molecule has 132 valence electrons. The van der Waals surface area contributed by atoms with Gasteiger partial charge in [-0.1, -0.05) is 0 Å². The molecule has 1 aliphatic rings. The molecule has 0 saturated carbocycles. The number of anilines is 1. The van der Waals surface area contributed by atoms with Gasteiger partial charge in [-0.15, -0.1) is 0 Å². The van der Waals surface area contributed by atoms with E-state index in [1.54, 1.807) is 55.5 Å². The summed E-state index contributed by atoms with van der Waals surface area (Å²) in [5.41, 5.74) is 1.88. The number of aliphatic hydroxyl groups is 1. The number of benzene rings is 2. The van der Waals surface area contributed by atoms with E-state index in [2.05, 4.69) is 0 Å². The number of hydrogen-bond acceptors (Lipinski definition) is 5. The molecule has 1 amide bonds. The minimum Gasteiger partial charge on any atom is -0.497 e. The van der Waals surface area contributed by atoms with Crippen LogP contribution in [0.1, 0.15) is 28.4 Å². The zero-order valence-corrected chi connectivity index (χ0v) is 14.5. The lowest BCUT2D eigenvalue weighted by atomic mass is 9.97. The van der Waals surface area contributed by atoms with E-state index in [1.165, 1.54) is 7.11 Å². The number of fused-ring (bicyclic) bond motifs is 1. The lowest BCUT2D eigenvalue weighted by molar-refractivity contribution is 0.0970. The van der Waals surface area contributed by atoms with Crippen LogP contribution in [-0.4, -0.2) is 38.9 Å². The van der Waals surface area contributed by atoms with Crippen LogP contribution in [0.3, 0.4) is 0 Å². The third kappa shape index (κ3) is 3.13. The van der Waals surface area contributed by atoms with Gasteiger partial charge in [0.15, 0.2) is 11.5 Å². The fraction of sp³-hybridized carbons (Fsp3) is 0.316. The highest BCUT2D eigenvalue weighted by Crippen LogP contribution is 2.37. The summed E-state index contributed by atoms with van der Waals surface area (Å²) in [5.74, 6) is 1.57. The molecule has 1 aliphatic heterocycles. The summed E-state index contributed by atoms with van der Waals surface area (Å²) in [7, 11) is 4.66. The Bertz CT molecular complexity index is 789. The van der Waals surface area contributed by atoms with Gasteiger partial charge in [0.2, 0.25) is 0 Å². The Kier molecular flexibility index (Phi) is 4.81. The summed E-state index contributed by atoms with van der Waals surface area (Å²) in [6.45, 7) is 0.438. The highest BCUT2D eigenvalue weighted by molar-refractivity contribution is 6.07. The molecule has 1 heterocycles. The first-order chi connectivity index (χ1) is 12.1. The molecule has 2 aromatic carbocycles. The van der Waals surface area contributed by atoms with Crippen molar-refractivity contribution in [3.63, 3.8) is 0 Å². The number of carbonyl (C=O) groups is 1. The van der Waals surface area contributed by atoms with Crippen LogP contribution in [0.4, 0.5) is 5.69 Å². The van der Waals surface area contributed by atoms with E-state index in [0.29, 0.717) is 47.0 Å². The van der Waals surface area contributed by atoms with E-state index in [9.17, 15) is 9.90 Å². The molecule has 0 fully saturated rings. The Morgan fingerprint density at radius 1 is 1.04 bits per heavy atom. The summed E-state index contributed by atoms with van der Waals surface area (Å²) < 4.78 is 15.7. The van der Waals surface area contributed by atoms with Crippen molar-refractivity contribution in [3.8, 4) is 17.2 Å². The fourth-order valence-corrected chi connectivity index (χ4v) is 3.04. The molecule has 1 unspecified atom stereocenters. The van der Waals surface area contributed by atoms with Crippen LogP contribution in [0.15, 0.2) is 36.4 Å². The monoisotopic (exact) mass is 343 g/mol. The average molecular weight is 343 g/mol. The third-order valence-corrected chi connectivity index (χ3v) is 4.39. The van der Waals surface area contributed by atoms with Crippen LogP contribution >= 0.6 is 0 Å². The molecule has 0 aromatic heterocycles. The van der Waals surface area contributed by atoms with Gasteiger partial charge in [0.05, 0.1) is 33.1 Å². The van der Waals surface area contributed by atoms with Crippen LogP contribution in [-0.2, 0) is 0 Å². The van der Waals surface area contributed by atoms with Crippen LogP contribution in [0.2, 0.25) is 0 Å². The predicted molar refractivity (Wildman–Crippen MR) is 93.8 cm³/mol. The van der Waals surface area contributed by atoms with Crippen LogP contribution in [0, 0.1) is 0 Å². The second kappa shape index (κ2) is 7.03. The van der Waals surface area contributed by atoms with E-state index in [1.807, 2.05) is 0 Å². The van der Waals surface area contributed by atoms with Crippen molar-refractivity contribution in [2.75, 3.05) is 32.8 Å². The van der Waals surface area contributed by atoms with Crippen molar-refractivity contribution in [1.29, 1.82) is 0 Å². The molecule has 0 saturated heterocycles. The Hall–Kier alpha value is -2.73. The Morgan fingerprint density at radius 3 is 2.48 bits per heavy atom. The van der Waals surface area contributed by atoms with Gasteiger partial charge < -0.3 is 24.2 Å². The summed E-state index contributed by atoms with van der Waals surface area (Å²) in [6, 6.07) is 10.4. The van der Waals surface area contributed by atoms with Crippen molar-refractivity contribution >= 4 is 11.6 Å². The number of aliphatic hydroxyl groups excluding tert-OH is 1. The third-order valence-electron chi connectivity index (χ3n) is 4.39. The lowest BCUT2D eigenvalue weighted by Gasteiger charge is -2.32. The summed E-state index contributed by atoms with van der Waals surface area (Å²) in [5, 5.41) is 10.3. The Balaban J connectivity index is 1.98. The van der Waals surface area contributed by atoms with Gasteiger partial charge in [-0.2, -0.15) is 0 Å². The first-order valence-corrected chi connectivity index (χ1v) is 7.99. The Labute approximate surface area is 146 Å². The van der Waals surface area contributed by atoms with Crippen molar-refractivity contribution in [2.24, 2.45) is 0 Å². The molecule has 3 rings (SSSR count). The number of hydrogen-bond donors (Lipinski definition) is 1. The molecule has 1 N–H and O–H groups in total. The fourth-order valence-electron chi connectivity index (χ4n) is 3.04. The number of methoxy groups -OCH3 is 3. The quantitative estimate of drug-likeness (QED) is 0.924. The van der Waals surface area contributed by atoms with Gasteiger partial charge in [0, 0.05) is 17.7 Å². The van der Waals surface area contributed by atoms with Crippen molar-refractivity contribution < 1.29 is 24.1 Å². The first-order valence-electron chi connectivity index (χ1n) is 7.99. The normalized spacial score (nSPS) is 16.2. The van der Waals surface area contributed by atoms with Gasteiger partial charge in [0.25, 0.3) is 5.91 Å². The van der Waals surface area contributed by atoms with Crippen molar-refractivity contribution in [2.45, 2.75) is 12.5 Å².